The molecule has 1 atom stereocenters. The third-order valence-corrected chi connectivity index (χ3v) is 8.81. The Hall–Kier alpha value is -4.78. The van der Waals surface area contributed by atoms with E-state index in [0.29, 0.717) is 27.9 Å². The van der Waals surface area contributed by atoms with Gasteiger partial charge in [-0.25, -0.2) is 9.97 Å². The van der Waals surface area contributed by atoms with Gasteiger partial charge in [-0.1, -0.05) is 54.1 Å². The summed E-state index contributed by atoms with van der Waals surface area (Å²) in [5, 5.41) is 20.8. The summed E-state index contributed by atoms with van der Waals surface area (Å²) in [6, 6.07) is 20.5. The van der Waals surface area contributed by atoms with Crippen molar-refractivity contribution in [2.45, 2.75) is 6.04 Å². The highest BCUT2D eigenvalue weighted by Gasteiger charge is 2.27. The molecule has 2 N–H and O–H groups in total. The fraction of sp³-hybridized carbons (Fsp3) is 0.194. The second-order valence-electron chi connectivity index (χ2n) is 10.5. The maximum Gasteiger partial charge on any atom is 0.253 e. The molecule has 5 heterocycles. The summed E-state index contributed by atoms with van der Waals surface area (Å²) in [5.41, 5.74) is 3.82. The Morgan fingerprint density at radius 1 is 0.955 bits per heavy atom. The quantitative estimate of drug-likeness (QED) is 0.256. The van der Waals surface area contributed by atoms with Gasteiger partial charge in [0.15, 0.2) is 5.82 Å². The van der Waals surface area contributed by atoms with Crippen LogP contribution >= 0.6 is 22.9 Å². The first-order valence-corrected chi connectivity index (χ1v) is 15.3. The van der Waals surface area contributed by atoms with Crippen LogP contribution in [0.1, 0.15) is 27.5 Å². The van der Waals surface area contributed by atoms with Gasteiger partial charge < -0.3 is 15.1 Å². The van der Waals surface area contributed by atoms with E-state index in [-0.39, 0.29) is 5.91 Å². The second-order valence-corrected chi connectivity index (χ2v) is 11.8. The number of amides is 1. The van der Waals surface area contributed by atoms with Crippen LogP contribution in [-0.4, -0.2) is 79.6 Å². The highest BCUT2D eigenvalue weighted by Crippen LogP contribution is 2.35. The van der Waals surface area contributed by atoms with E-state index < -0.39 is 6.04 Å². The van der Waals surface area contributed by atoms with Gasteiger partial charge in [0.05, 0.1) is 17.0 Å². The Labute approximate surface area is 261 Å². The van der Waals surface area contributed by atoms with Crippen molar-refractivity contribution in [3.8, 4) is 22.9 Å². The zero-order valence-electron chi connectivity index (χ0n) is 23.7. The summed E-state index contributed by atoms with van der Waals surface area (Å²) in [5.74, 6) is 1.57. The van der Waals surface area contributed by atoms with Crippen molar-refractivity contribution >= 4 is 44.9 Å². The smallest absolute Gasteiger partial charge is 0.253 e. The van der Waals surface area contributed by atoms with Crippen molar-refractivity contribution in [2.75, 3.05) is 38.1 Å². The number of H-pyrrole nitrogens is 1. The average Bonchev–Trinajstić information content (AvgIpc) is 3.76. The number of pyridine rings is 1. The number of anilines is 1. The molecule has 1 amide bonds. The number of piperazine rings is 1. The number of nitrogens with zero attached hydrogens (tertiary/aromatic N) is 8. The first kappa shape index (κ1) is 28.0. The maximum absolute atomic E-state index is 14.2. The second kappa shape index (κ2) is 12.1. The Morgan fingerprint density at radius 2 is 1.70 bits per heavy atom. The summed E-state index contributed by atoms with van der Waals surface area (Å²) in [6.07, 6.45) is 1.73. The zero-order valence-corrected chi connectivity index (χ0v) is 25.3. The van der Waals surface area contributed by atoms with E-state index in [9.17, 15) is 4.79 Å². The molecule has 0 spiro atoms. The molecule has 220 valence electrons. The minimum atomic E-state index is -0.449. The van der Waals surface area contributed by atoms with E-state index >= 15 is 0 Å². The molecule has 6 aromatic rings. The van der Waals surface area contributed by atoms with E-state index in [2.05, 4.69) is 47.8 Å². The summed E-state index contributed by atoms with van der Waals surface area (Å²) >= 11 is 7.65. The normalized spacial score (nSPS) is 14.5. The minimum absolute atomic E-state index is 0.219. The van der Waals surface area contributed by atoms with Crippen molar-refractivity contribution in [1.82, 2.24) is 45.8 Å². The SMILES string of the molecule is CN1CCN(c2nc(-c3ccccn3)nc3scc(C(=O)NC(c4ccc(Cl)cc4)c4ccc(-c5nn[nH]n5)cc4)c23)CC1. The number of aromatic nitrogens is 7. The first-order chi connectivity index (χ1) is 21.5. The molecule has 1 saturated heterocycles. The molecule has 1 aliphatic heterocycles. The molecule has 44 heavy (non-hydrogen) atoms. The van der Waals surface area contributed by atoms with Crippen LogP contribution in [0.2, 0.25) is 5.02 Å². The van der Waals surface area contributed by atoms with E-state index in [1.807, 2.05) is 72.1 Å². The fourth-order valence-electron chi connectivity index (χ4n) is 5.28. The van der Waals surface area contributed by atoms with Crippen molar-refractivity contribution < 1.29 is 4.79 Å². The van der Waals surface area contributed by atoms with Crippen LogP contribution < -0.4 is 10.2 Å². The fourth-order valence-corrected chi connectivity index (χ4v) is 6.32. The number of carbonyl (C=O) groups excluding carboxylic acids is 1. The van der Waals surface area contributed by atoms with E-state index in [4.69, 9.17) is 21.6 Å². The number of halogens is 1. The van der Waals surface area contributed by atoms with Gasteiger partial charge in [-0.15, -0.1) is 21.5 Å². The molecule has 1 fully saturated rings. The lowest BCUT2D eigenvalue weighted by atomic mass is 9.97. The van der Waals surface area contributed by atoms with Crippen molar-refractivity contribution in [1.29, 1.82) is 0 Å². The van der Waals surface area contributed by atoms with Gasteiger partial charge in [-0.3, -0.25) is 9.78 Å². The third-order valence-electron chi connectivity index (χ3n) is 7.68. The van der Waals surface area contributed by atoms with Crippen LogP contribution in [-0.2, 0) is 0 Å². The van der Waals surface area contributed by atoms with Gasteiger partial charge in [0.1, 0.15) is 16.3 Å². The third kappa shape index (κ3) is 5.62. The van der Waals surface area contributed by atoms with Crippen molar-refractivity contribution in [3.63, 3.8) is 0 Å². The number of nitrogens with one attached hydrogen (secondary N) is 2. The Balaban J connectivity index is 1.28. The minimum Gasteiger partial charge on any atom is -0.353 e. The Kier molecular flexibility index (Phi) is 7.69. The molecule has 13 heteroatoms. The molecule has 0 saturated carbocycles. The molecule has 4 aromatic heterocycles. The van der Waals surface area contributed by atoms with Crippen LogP contribution in [0.15, 0.2) is 78.3 Å². The topological polar surface area (TPSA) is 129 Å². The van der Waals surface area contributed by atoms with Crippen LogP contribution in [0.4, 0.5) is 5.82 Å². The monoisotopic (exact) mass is 622 g/mol. The number of fused-ring (bicyclic) bond motifs is 1. The lowest BCUT2D eigenvalue weighted by Gasteiger charge is -2.33. The van der Waals surface area contributed by atoms with Gasteiger partial charge in [-0.2, -0.15) is 5.21 Å². The Morgan fingerprint density at radius 3 is 2.39 bits per heavy atom. The lowest BCUT2D eigenvalue weighted by molar-refractivity contribution is 0.0945. The standard InChI is InChI=1S/C31H27ClN10OS/c1-41-14-16-42(17-15-41)29-25-23(18-44-31(25)36-28(35-29)24-4-2-3-13-33-24)30(43)34-26(20-9-11-22(32)12-10-20)19-5-7-21(8-6-19)27-37-39-40-38-27/h2-13,18,26H,14-17H2,1H3,(H,34,43)(H,37,38,39,40). The van der Waals surface area contributed by atoms with E-state index in [0.717, 1.165) is 58.9 Å². The number of thiophene rings is 1. The van der Waals surface area contributed by atoms with Crippen molar-refractivity contribution in [3.05, 3.63) is 100 Å². The molecule has 7 rings (SSSR count). The van der Waals surface area contributed by atoms with Gasteiger partial charge in [0, 0.05) is 48.3 Å². The number of aromatic amines is 1. The van der Waals surface area contributed by atoms with E-state index in [1.54, 1.807) is 6.20 Å². The molecular weight excluding hydrogens is 596 g/mol. The number of benzene rings is 2. The number of rotatable bonds is 7. The predicted octanol–water partition coefficient (Wildman–Crippen LogP) is 4.86. The number of tetrazole rings is 1. The van der Waals surface area contributed by atoms with Crippen LogP contribution in [0.5, 0.6) is 0 Å². The predicted molar refractivity (Wildman–Crippen MR) is 171 cm³/mol. The number of carbonyl (C=O) groups is 1. The highest BCUT2D eigenvalue weighted by atomic mass is 35.5. The summed E-state index contributed by atoms with van der Waals surface area (Å²) in [4.78, 5) is 33.8. The summed E-state index contributed by atoms with van der Waals surface area (Å²) in [6.45, 7) is 3.38. The average molecular weight is 623 g/mol. The molecule has 1 unspecified atom stereocenters. The van der Waals surface area contributed by atoms with Gasteiger partial charge in [-0.05, 0) is 47.7 Å². The first-order valence-electron chi connectivity index (χ1n) is 14.1. The van der Waals surface area contributed by atoms with Crippen LogP contribution in [0.25, 0.3) is 33.1 Å². The van der Waals surface area contributed by atoms with Gasteiger partial charge >= 0.3 is 0 Å². The maximum atomic E-state index is 14.2. The lowest BCUT2D eigenvalue weighted by Crippen LogP contribution is -2.45. The largest absolute Gasteiger partial charge is 0.353 e. The van der Waals surface area contributed by atoms with E-state index in [1.165, 1.54) is 11.3 Å². The number of hydrogen-bond acceptors (Lipinski definition) is 10. The van der Waals surface area contributed by atoms with Gasteiger partial charge in [0.2, 0.25) is 5.82 Å². The number of likely N-dealkylation sites (N-methyl/N-ethyl adjacent to an activating group) is 1. The highest BCUT2D eigenvalue weighted by molar-refractivity contribution is 7.17. The van der Waals surface area contributed by atoms with Crippen LogP contribution in [0, 0.1) is 0 Å². The molecule has 0 aliphatic carbocycles. The zero-order chi connectivity index (χ0) is 30.0. The summed E-state index contributed by atoms with van der Waals surface area (Å²) < 4.78 is 0. The molecule has 2 aromatic carbocycles. The molecule has 1 aliphatic rings. The van der Waals surface area contributed by atoms with Crippen LogP contribution in [0.3, 0.4) is 0 Å². The van der Waals surface area contributed by atoms with Gasteiger partial charge in [0.25, 0.3) is 5.91 Å². The molecular formula is C31H27ClN10OS. The molecule has 11 nitrogen and oxygen atoms in total. The molecule has 0 radical (unpaired) electrons. The number of hydrogen-bond donors (Lipinski definition) is 2. The summed E-state index contributed by atoms with van der Waals surface area (Å²) in [7, 11) is 2.11. The Bertz CT molecular complexity index is 1890. The molecule has 0 bridgehead atoms. The van der Waals surface area contributed by atoms with Crippen molar-refractivity contribution in [2.24, 2.45) is 0 Å².